The number of rotatable bonds is 5. The fourth-order valence-corrected chi connectivity index (χ4v) is 3.29. The topological polar surface area (TPSA) is 28.6 Å². The summed E-state index contributed by atoms with van der Waals surface area (Å²) in [5, 5.41) is 0. The number of hydrogen-bond acceptors (Lipinski definition) is 4. The maximum atomic E-state index is 6.42. The van der Waals surface area contributed by atoms with Crippen molar-refractivity contribution in [1.29, 1.82) is 0 Å². The minimum absolute atomic E-state index is 0.113. The van der Waals surface area contributed by atoms with E-state index in [0.717, 1.165) is 32.6 Å². The highest BCUT2D eigenvalue weighted by atomic mass is 16.5. The Kier molecular flexibility index (Phi) is 5.71. The predicted molar refractivity (Wildman–Crippen MR) is 103 cm³/mol. The highest BCUT2D eigenvalue weighted by molar-refractivity contribution is 5.44. The molecule has 4 nitrogen and oxygen atoms in total. The van der Waals surface area contributed by atoms with Crippen LogP contribution in [0.25, 0.3) is 0 Å². The van der Waals surface area contributed by atoms with Crippen LogP contribution < -0.4 is 4.90 Å². The number of aromatic nitrogens is 1. The van der Waals surface area contributed by atoms with Crippen LogP contribution in [-0.2, 0) is 11.2 Å². The lowest BCUT2D eigenvalue weighted by atomic mass is 10.1. The van der Waals surface area contributed by atoms with Crippen LogP contribution in [0.4, 0.5) is 5.69 Å². The fraction of sp³-hybridized carbons (Fsp3) is 0.476. The highest BCUT2D eigenvalue weighted by Gasteiger charge is 2.28. The van der Waals surface area contributed by atoms with Crippen LogP contribution in [0.3, 0.4) is 0 Å². The number of piperazine rings is 1. The van der Waals surface area contributed by atoms with Gasteiger partial charge in [-0.1, -0.05) is 30.3 Å². The molecule has 134 valence electrons. The maximum absolute atomic E-state index is 6.42. The van der Waals surface area contributed by atoms with Gasteiger partial charge in [-0.15, -0.1) is 0 Å². The summed E-state index contributed by atoms with van der Waals surface area (Å²) in [6.45, 7) is 10.5. The van der Waals surface area contributed by atoms with Crippen LogP contribution in [0.2, 0.25) is 0 Å². The maximum Gasteiger partial charge on any atom is 0.115 e. The van der Waals surface area contributed by atoms with Gasteiger partial charge in [0.2, 0.25) is 0 Å². The minimum atomic E-state index is -0.151. The van der Waals surface area contributed by atoms with Crippen LogP contribution >= 0.6 is 0 Å². The Labute approximate surface area is 151 Å². The molecule has 1 aromatic carbocycles. The van der Waals surface area contributed by atoms with E-state index in [1.807, 2.05) is 12.4 Å². The van der Waals surface area contributed by atoms with Gasteiger partial charge < -0.3 is 9.64 Å². The summed E-state index contributed by atoms with van der Waals surface area (Å²) in [7, 11) is 0. The van der Waals surface area contributed by atoms with Crippen LogP contribution in [0.15, 0.2) is 54.9 Å². The summed E-state index contributed by atoms with van der Waals surface area (Å²) in [6.07, 6.45) is 4.76. The van der Waals surface area contributed by atoms with Crippen molar-refractivity contribution in [1.82, 2.24) is 9.88 Å². The third-order valence-electron chi connectivity index (χ3n) is 4.49. The zero-order valence-corrected chi connectivity index (χ0v) is 15.6. The van der Waals surface area contributed by atoms with Gasteiger partial charge in [0.05, 0.1) is 5.60 Å². The Hall–Kier alpha value is -1.91. The summed E-state index contributed by atoms with van der Waals surface area (Å²) in [4.78, 5) is 9.02. The van der Waals surface area contributed by atoms with Crippen molar-refractivity contribution in [3.8, 4) is 0 Å². The van der Waals surface area contributed by atoms with Gasteiger partial charge in [0.25, 0.3) is 0 Å². The fourth-order valence-electron chi connectivity index (χ4n) is 3.29. The first-order chi connectivity index (χ1) is 12.0. The summed E-state index contributed by atoms with van der Waals surface area (Å²) in [6, 6.07) is 14.8. The summed E-state index contributed by atoms with van der Waals surface area (Å²) in [5.41, 5.74) is 2.43. The summed E-state index contributed by atoms with van der Waals surface area (Å²) >= 11 is 0. The van der Waals surface area contributed by atoms with Crippen LogP contribution in [-0.4, -0.2) is 47.9 Å². The predicted octanol–water partition coefficient (Wildman–Crippen LogP) is 3.59. The lowest BCUT2D eigenvalue weighted by molar-refractivity contribution is -0.133. The Morgan fingerprint density at radius 2 is 1.60 bits per heavy atom. The average molecular weight is 339 g/mol. The van der Waals surface area contributed by atoms with Crippen molar-refractivity contribution < 1.29 is 4.74 Å². The van der Waals surface area contributed by atoms with Gasteiger partial charge >= 0.3 is 0 Å². The lowest BCUT2D eigenvalue weighted by Gasteiger charge is -2.42. The first-order valence-electron chi connectivity index (χ1n) is 9.12. The molecule has 4 heteroatoms. The molecule has 0 spiro atoms. The zero-order valence-electron chi connectivity index (χ0n) is 15.6. The van der Waals surface area contributed by atoms with Crippen LogP contribution in [0.1, 0.15) is 26.3 Å². The summed E-state index contributed by atoms with van der Waals surface area (Å²) in [5.74, 6) is 0. The molecule has 1 aliphatic rings. The number of nitrogens with zero attached hydrogens (tertiary/aromatic N) is 3. The van der Waals surface area contributed by atoms with Gasteiger partial charge in [-0.05, 0) is 38.5 Å². The summed E-state index contributed by atoms with van der Waals surface area (Å²) < 4.78 is 6.42. The second-order valence-electron chi connectivity index (χ2n) is 7.60. The molecule has 0 saturated carbocycles. The normalized spacial score (nSPS) is 17.5. The third kappa shape index (κ3) is 5.28. The van der Waals surface area contributed by atoms with Crippen molar-refractivity contribution in [3.05, 3.63) is 60.4 Å². The van der Waals surface area contributed by atoms with Crippen LogP contribution in [0, 0.1) is 0 Å². The van der Waals surface area contributed by atoms with E-state index in [9.17, 15) is 0 Å². The van der Waals surface area contributed by atoms with Gasteiger partial charge in [-0.3, -0.25) is 9.88 Å². The van der Waals surface area contributed by atoms with Crippen molar-refractivity contribution >= 4 is 5.69 Å². The molecule has 2 heterocycles. The van der Waals surface area contributed by atoms with Crippen molar-refractivity contribution in [2.24, 2.45) is 0 Å². The van der Waals surface area contributed by atoms with Gasteiger partial charge in [-0.25, -0.2) is 0 Å². The van der Waals surface area contributed by atoms with Crippen LogP contribution in [0.5, 0.6) is 0 Å². The molecule has 0 amide bonds. The number of pyridine rings is 1. The Morgan fingerprint density at radius 3 is 2.20 bits per heavy atom. The molecular weight excluding hydrogens is 310 g/mol. The molecule has 1 atom stereocenters. The number of hydrogen-bond donors (Lipinski definition) is 0. The molecular formula is C21H29N3O. The molecule has 1 unspecified atom stereocenters. The molecule has 0 N–H and O–H groups in total. The lowest BCUT2D eigenvalue weighted by Crippen LogP contribution is -2.53. The van der Waals surface area contributed by atoms with Crippen molar-refractivity contribution in [2.45, 2.75) is 39.0 Å². The van der Waals surface area contributed by atoms with E-state index in [4.69, 9.17) is 4.74 Å². The van der Waals surface area contributed by atoms with Gasteiger partial charge in [-0.2, -0.15) is 0 Å². The van der Waals surface area contributed by atoms with Crippen molar-refractivity contribution in [2.75, 3.05) is 31.1 Å². The second kappa shape index (κ2) is 7.98. The third-order valence-corrected chi connectivity index (χ3v) is 4.49. The van der Waals surface area contributed by atoms with Crippen molar-refractivity contribution in [3.63, 3.8) is 0 Å². The van der Waals surface area contributed by atoms with E-state index in [0.29, 0.717) is 0 Å². The number of anilines is 1. The molecule has 0 aliphatic carbocycles. The molecule has 1 saturated heterocycles. The second-order valence-corrected chi connectivity index (χ2v) is 7.60. The van der Waals surface area contributed by atoms with Gasteiger partial charge in [0.1, 0.15) is 6.23 Å². The molecule has 1 aromatic heterocycles. The van der Waals surface area contributed by atoms with E-state index in [-0.39, 0.29) is 11.8 Å². The molecule has 2 aromatic rings. The number of benzene rings is 1. The molecule has 25 heavy (non-hydrogen) atoms. The van der Waals surface area contributed by atoms with E-state index in [1.54, 1.807) is 0 Å². The first-order valence-corrected chi connectivity index (χ1v) is 9.12. The first kappa shape index (κ1) is 17.9. The number of ether oxygens (including phenoxy) is 1. The molecule has 1 aliphatic heterocycles. The van der Waals surface area contributed by atoms with E-state index >= 15 is 0 Å². The smallest absolute Gasteiger partial charge is 0.115 e. The highest BCUT2D eigenvalue weighted by Crippen LogP contribution is 2.21. The molecule has 0 bridgehead atoms. The van der Waals surface area contributed by atoms with Gasteiger partial charge in [0.15, 0.2) is 0 Å². The molecule has 0 radical (unpaired) electrons. The average Bonchev–Trinajstić information content (AvgIpc) is 2.62. The monoisotopic (exact) mass is 339 g/mol. The molecule has 3 rings (SSSR count). The Morgan fingerprint density at radius 1 is 0.960 bits per heavy atom. The van der Waals surface area contributed by atoms with E-state index in [2.05, 4.69) is 78.0 Å². The quantitative estimate of drug-likeness (QED) is 0.832. The minimum Gasteiger partial charge on any atom is -0.369 e. The van der Waals surface area contributed by atoms with Gasteiger partial charge in [0, 0.05) is 50.7 Å². The van der Waals surface area contributed by atoms with E-state index < -0.39 is 0 Å². The SMILES string of the molecule is CC(C)(C)OC(Cc1ccccc1)N1CCN(c2ccncc2)CC1. The van der Waals surface area contributed by atoms with E-state index in [1.165, 1.54) is 11.3 Å². The Balaban J connectivity index is 1.65. The molecule has 1 fully saturated rings. The largest absolute Gasteiger partial charge is 0.369 e. The standard InChI is InChI=1S/C21H29N3O/c1-21(2,3)25-20(17-18-7-5-4-6-8-18)24-15-13-23(14-16-24)19-9-11-22-12-10-19/h4-12,20H,13-17H2,1-3H3. The Bertz CT molecular complexity index is 631. The zero-order chi connectivity index (χ0) is 17.7.